The molecular weight excluding hydrogens is 351 g/mol. The second-order valence-electron chi connectivity index (χ2n) is 0.0833. The van der Waals surface area contributed by atoms with E-state index in [-0.39, 0.29) is 31.0 Å². The Balaban J connectivity index is -0.0000000360. The van der Waals surface area contributed by atoms with E-state index in [1.54, 1.807) is 0 Å². The van der Waals surface area contributed by atoms with Crippen LogP contribution in [0.4, 0.5) is 0 Å². The van der Waals surface area contributed by atoms with Crippen LogP contribution in [0, 0.1) is 38.5 Å². The molecule has 4 nitrogen and oxygen atoms in total. The molecule has 0 heterocycles. The molecule has 0 fully saturated rings. The van der Waals surface area contributed by atoms with E-state index >= 15 is 0 Å². The maximum atomic E-state index is 8.50. The monoisotopic (exact) mass is 353 g/mol. The standard InChI is InChI=1S/4O.Sm.Ti.Y. The quantitative estimate of drug-likeness (QED) is 0.553. The van der Waals surface area contributed by atoms with Crippen LogP contribution < -0.4 is 0 Å². The molecule has 0 atom stereocenters. The van der Waals surface area contributed by atoms with Gasteiger partial charge in [-0.05, 0) is 0 Å². The molecule has 0 amide bonds. The summed E-state index contributed by atoms with van der Waals surface area (Å²) in [5.74, 6) is 0. The summed E-state index contributed by atoms with van der Waals surface area (Å²) in [4.78, 5) is 0. The molecule has 0 saturated heterocycles. The normalized spacial score (nSPS) is 2.57. The Morgan fingerprint density at radius 1 is 1.14 bits per heavy atom. The predicted molar refractivity (Wildman–Crippen MR) is 2.75 cm³/mol. The number of hydrogen-bond donors (Lipinski definition) is 0. The van der Waals surface area contributed by atoms with Gasteiger partial charge in [0.1, 0.15) is 0 Å². The van der Waals surface area contributed by atoms with Gasteiger partial charge in [0, 0.05) is 0 Å². The third kappa shape index (κ3) is 60.8. The summed E-state index contributed by atoms with van der Waals surface area (Å²) in [6.07, 6.45) is 0. The Kier molecular flexibility index (Phi) is 92.7. The summed E-state index contributed by atoms with van der Waals surface area (Å²) in [6, 6.07) is 0. The molecule has 0 radical (unpaired) electrons. The molecule has 0 aliphatic heterocycles. The van der Waals surface area contributed by atoms with Crippen LogP contribution in [0.15, 0.2) is 0 Å². The van der Waals surface area contributed by atoms with Crippen molar-refractivity contribution in [3.05, 3.63) is 0 Å². The van der Waals surface area contributed by atoms with E-state index in [1.165, 1.54) is 0 Å². The van der Waals surface area contributed by atoms with E-state index in [1.807, 2.05) is 0 Å². The molecule has 37 valence electrons. The Bertz CT molecular complexity index is 47.7. The average Bonchev–Trinajstić information content (AvgIpc) is 1.78. The van der Waals surface area contributed by atoms with Gasteiger partial charge in [-0.1, -0.05) is 0 Å². The van der Waals surface area contributed by atoms with E-state index in [0.29, 0.717) is 38.5 Å². The maximum absolute atomic E-state index is 8.50. The van der Waals surface area contributed by atoms with E-state index in [0.717, 1.165) is 0 Å². The van der Waals surface area contributed by atoms with E-state index in [4.69, 9.17) is 9.80 Å². The zero-order chi connectivity index (χ0) is 6.71. The Morgan fingerprint density at radius 2 is 1.14 bits per heavy atom. The molecule has 0 aromatic carbocycles. The molecule has 0 N–H and O–H groups in total. The summed E-state index contributed by atoms with van der Waals surface area (Å²) in [7, 11) is 0. The first-order valence-corrected chi connectivity index (χ1v) is 4.31. The van der Waals surface area contributed by atoms with Crippen molar-refractivity contribution < 1.29 is 98.4 Å². The number of rotatable bonds is 0. The minimum atomic E-state index is -2.00. The molecule has 7 heavy (non-hydrogen) atoms. The van der Waals surface area contributed by atoms with Gasteiger partial charge in [0.15, 0.2) is 0 Å². The Labute approximate surface area is 95.9 Å². The van der Waals surface area contributed by atoms with Crippen molar-refractivity contribution in [2.45, 2.75) is 0 Å². The summed E-state index contributed by atoms with van der Waals surface area (Å²) in [5, 5.41) is 0. The van der Waals surface area contributed by atoms with Crippen LogP contribution in [-0.2, 0) is 59.9 Å². The Morgan fingerprint density at radius 3 is 1.14 bits per heavy atom. The average molecular weight is 351 g/mol. The summed E-state index contributed by atoms with van der Waals surface area (Å²) in [5.41, 5.74) is 0. The molecule has 0 aromatic heterocycles. The van der Waals surface area contributed by atoms with Crippen molar-refractivity contribution in [1.29, 1.82) is 0 Å². The van der Waals surface area contributed by atoms with Crippen LogP contribution in [0.5, 0.6) is 0 Å². The first-order chi connectivity index (χ1) is 3.41. The molecule has 7 heteroatoms. The van der Waals surface area contributed by atoms with Gasteiger partial charge in [-0.3, -0.25) is 0 Å². The van der Waals surface area contributed by atoms with Crippen LogP contribution in [0.1, 0.15) is 0 Å². The minimum absolute atomic E-state index is 0.100. The van der Waals surface area contributed by atoms with Crippen molar-refractivity contribution in [2.75, 3.05) is 0 Å². The van der Waals surface area contributed by atoms with Gasteiger partial charge in [-0.15, -0.1) is 0 Å². The molecule has 0 rings (SSSR count). The molecular formula is O4SmTiY. The molecule has 0 aliphatic carbocycles. The van der Waals surface area contributed by atoms with Crippen LogP contribution in [0.2, 0.25) is 0 Å². The van der Waals surface area contributed by atoms with Gasteiger partial charge in [0.05, 0.1) is 0 Å². The topological polar surface area (TPSA) is 68.3 Å². The van der Waals surface area contributed by atoms with Crippen LogP contribution in [0.3, 0.4) is 0 Å². The first-order valence-electron chi connectivity index (χ1n) is 0.811. The first kappa shape index (κ1) is 16.2. The van der Waals surface area contributed by atoms with Crippen LogP contribution in [-0.4, -0.2) is 0 Å². The molecule has 0 aromatic rings. The SMILES string of the molecule is [O]=[Sm].[O]=[Ti]=[O].[O]=[Y]. The third-order valence-electron chi connectivity index (χ3n) is 0. The molecule has 0 unspecified atom stereocenters. The van der Waals surface area contributed by atoms with Gasteiger partial charge in [-0.2, -0.15) is 0 Å². The second kappa shape index (κ2) is 40.1. The summed E-state index contributed by atoms with van der Waals surface area (Å²) < 4.78 is 33.7. The molecule has 0 aliphatic rings. The fraction of sp³-hybridized carbons (Fsp3) is 0. The van der Waals surface area contributed by atoms with Gasteiger partial charge in [-0.25, -0.2) is 0 Å². The van der Waals surface area contributed by atoms with Crippen molar-refractivity contribution in [3.63, 3.8) is 0 Å². The predicted octanol–water partition coefficient (Wildman–Crippen LogP) is -0.480. The zero-order valence-electron chi connectivity index (χ0n) is 3.12. The molecule has 0 bridgehead atoms. The van der Waals surface area contributed by atoms with Crippen molar-refractivity contribution in [1.82, 2.24) is 0 Å². The van der Waals surface area contributed by atoms with E-state index in [9.17, 15) is 0 Å². The molecule has 0 saturated carbocycles. The van der Waals surface area contributed by atoms with E-state index in [2.05, 4.69) is 0 Å². The zero-order valence-corrected chi connectivity index (χ0v) is 10.1. The molecule has 0 spiro atoms. The fourth-order valence-corrected chi connectivity index (χ4v) is 0. The number of hydrogen-bond acceptors (Lipinski definition) is 4. The van der Waals surface area contributed by atoms with Crippen molar-refractivity contribution in [3.8, 4) is 0 Å². The van der Waals surface area contributed by atoms with Gasteiger partial charge >= 0.3 is 98.4 Å². The van der Waals surface area contributed by atoms with Crippen molar-refractivity contribution >= 4 is 0 Å². The van der Waals surface area contributed by atoms with Gasteiger partial charge in [0.2, 0.25) is 0 Å². The van der Waals surface area contributed by atoms with Gasteiger partial charge < -0.3 is 0 Å². The fourth-order valence-electron chi connectivity index (χ4n) is 0. The van der Waals surface area contributed by atoms with Crippen LogP contribution in [0.25, 0.3) is 0 Å². The summed E-state index contributed by atoms with van der Waals surface area (Å²) in [6.45, 7) is 0. The van der Waals surface area contributed by atoms with Crippen LogP contribution >= 0.6 is 0 Å². The van der Waals surface area contributed by atoms with Crippen molar-refractivity contribution in [2.24, 2.45) is 0 Å². The Hall–Kier alpha value is 2.36. The van der Waals surface area contributed by atoms with Gasteiger partial charge in [0.25, 0.3) is 0 Å². The summed E-state index contributed by atoms with van der Waals surface area (Å²) >= 11 is -1.57. The van der Waals surface area contributed by atoms with E-state index < -0.39 is 19.1 Å². The second-order valence-corrected chi connectivity index (χ2v) is 0.344. The third-order valence-corrected chi connectivity index (χ3v) is 0.